The summed E-state index contributed by atoms with van der Waals surface area (Å²) in [7, 11) is 0. The summed E-state index contributed by atoms with van der Waals surface area (Å²) in [6.07, 6.45) is 0. The van der Waals surface area contributed by atoms with Gasteiger partial charge in [-0.05, 0) is 52.1 Å². The van der Waals surface area contributed by atoms with Crippen LogP contribution in [-0.4, -0.2) is 0 Å². The Morgan fingerprint density at radius 2 is 1.29 bits per heavy atom. The number of benzene rings is 4. The molecule has 0 aliphatic carbocycles. The Labute approximate surface area is 168 Å². The highest BCUT2D eigenvalue weighted by molar-refractivity contribution is 6.08. The van der Waals surface area contributed by atoms with Crippen LogP contribution in [0.3, 0.4) is 0 Å². The van der Waals surface area contributed by atoms with Gasteiger partial charge >= 0.3 is 0 Å². The summed E-state index contributed by atoms with van der Waals surface area (Å²) in [5.41, 5.74) is 5.07. The number of rotatable bonds is 3. The van der Waals surface area contributed by atoms with Crippen LogP contribution in [-0.2, 0) is 12.0 Å². The Balaban J connectivity index is 2.00. The lowest BCUT2D eigenvalue weighted by Gasteiger charge is -2.26. The highest BCUT2D eigenvalue weighted by Gasteiger charge is 2.23. The third-order valence-electron chi connectivity index (χ3n) is 5.71. The zero-order valence-electron chi connectivity index (χ0n) is 17.5. The smallest absolute Gasteiger partial charge is 0.131 e. The molecule has 0 amide bonds. The third-order valence-corrected chi connectivity index (χ3v) is 5.71. The maximum absolute atomic E-state index is 6.55. The molecule has 0 fully saturated rings. The Morgan fingerprint density at radius 1 is 0.679 bits per heavy atom. The molecule has 4 aromatic rings. The molecule has 4 rings (SSSR count). The molecule has 0 aliphatic heterocycles. The molecule has 0 aromatic heterocycles. The summed E-state index contributed by atoms with van der Waals surface area (Å²) in [5, 5.41) is 5.17. The molecular weight excluding hydrogens is 340 g/mol. The molecule has 0 saturated carbocycles. The molecule has 0 saturated heterocycles. The van der Waals surface area contributed by atoms with Crippen molar-refractivity contribution in [2.75, 3.05) is 0 Å². The molecule has 1 nitrogen and oxygen atoms in total. The first-order chi connectivity index (χ1) is 13.4. The van der Waals surface area contributed by atoms with Crippen molar-refractivity contribution in [2.45, 2.75) is 46.6 Å². The molecule has 0 unspecified atom stereocenters. The Hall–Kier alpha value is -2.80. The third kappa shape index (κ3) is 3.16. The van der Waals surface area contributed by atoms with Crippen molar-refractivity contribution in [2.24, 2.45) is 0 Å². The number of ether oxygens (including phenoxy) is 1. The average Bonchev–Trinajstić information content (AvgIpc) is 2.70. The summed E-state index contributed by atoms with van der Waals surface area (Å²) in [6, 6.07) is 23.6. The summed E-state index contributed by atoms with van der Waals surface area (Å²) in [4.78, 5) is 0. The SMILES string of the molecule is Cc1c2ccccc2c(C)c2c(OCc3ccccc3)c(C(C)(C)C)ccc12. The van der Waals surface area contributed by atoms with E-state index in [1.54, 1.807) is 0 Å². The monoisotopic (exact) mass is 368 g/mol. The fourth-order valence-corrected chi connectivity index (χ4v) is 4.15. The molecule has 28 heavy (non-hydrogen) atoms. The molecular formula is C27H28O. The number of fused-ring (bicyclic) bond motifs is 2. The minimum atomic E-state index is 0.00615. The summed E-state index contributed by atoms with van der Waals surface area (Å²) in [5.74, 6) is 1.03. The van der Waals surface area contributed by atoms with E-state index in [-0.39, 0.29) is 5.41 Å². The number of hydrogen-bond donors (Lipinski definition) is 0. The van der Waals surface area contributed by atoms with Crippen LogP contribution in [0.1, 0.15) is 43.0 Å². The second-order valence-electron chi connectivity index (χ2n) is 8.68. The van der Waals surface area contributed by atoms with E-state index < -0.39 is 0 Å². The fourth-order valence-electron chi connectivity index (χ4n) is 4.15. The zero-order chi connectivity index (χ0) is 19.9. The standard InChI is InChI=1S/C27H28O/c1-18-21-13-9-10-14-22(21)19(2)25-23(18)15-16-24(27(3,4)5)26(25)28-17-20-11-7-6-8-12-20/h6-16H,17H2,1-5H3. The van der Waals surface area contributed by atoms with Gasteiger partial charge in [0.1, 0.15) is 12.4 Å². The summed E-state index contributed by atoms with van der Waals surface area (Å²) in [6.45, 7) is 11.8. The first-order valence-corrected chi connectivity index (χ1v) is 10.00. The Bertz CT molecular complexity index is 1150. The molecule has 4 aromatic carbocycles. The zero-order valence-corrected chi connectivity index (χ0v) is 17.5. The first kappa shape index (κ1) is 18.6. The van der Waals surface area contributed by atoms with Gasteiger partial charge in [0.05, 0.1) is 0 Å². The number of hydrogen-bond acceptors (Lipinski definition) is 1. The van der Waals surface area contributed by atoms with Crippen molar-refractivity contribution in [1.82, 2.24) is 0 Å². The summed E-state index contributed by atoms with van der Waals surface area (Å²) >= 11 is 0. The molecule has 0 N–H and O–H groups in total. The van der Waals surface area contributed by atoms with Gasteiger partial charge in [0, 0.05) is 10.9 Å². The van der Waals surface area contributed by atoms with Gasteiger partial charge in [-0.25, -0.2) is 0 Å². The molecule has 142 valence electrons. The average molecular weight is 369 g/mol. The molecule has 0 bridgehead atoms. The van der Waals surface area contributed by atoms with E-state index >= 15 is 0 Å². The highest BCUT2D eigenvalue weighted by atomic mass is 16.5. The van der Waals surface area contributed by atoms with E-state index in [1.165, 1.54) is 43.8 Å². The van der Waals surface area contributed by atoms with E-state index in [0.717, 1.165) is 5.75 Å². The van der Waals surface area contributed by atoms with Gasteiger partial charge in [-0.2, -0.15) is 0 Å². The van der Waals surface area contributed by atoms with Crippen molar-refractivity contribution in [1.29, 1.82) is 0 Å². The lowest BCUT2D eigenvalue weighted by Crippen LogP contribution is -2.14. The minimum absolute atomic E-state index is 0.00615. The normalized spacial score (nSPS) is 11.9. The van der Waals surface area contributed by atoms with Crippen LogP contribution in [0.25, 0.3) is 21.5 Å². The van der Waals surface area contributed by atoms with Crippen molar-refractivity contribution < 1.29 is 4.74 Å². The minimum Gasteiger partial charge on any atom is -0.488 e. The van der Waals surface area contributed by atoms with Crippen LogP contribution in [0.5, 0.6) is 5.75 Å². The van der Waals surface area contributed by atoms with Gasteiger partial charge in [-0.15, -0.1) is 0 Å². The van der Waals surface area contributed by atoms with Crippen LogP contribution < -0.4 is 4.74 Å². The summed E-state index contributed by atoms with van der Waals surface area (Å²) < 4.78 is 6.55. The lowest BCUT2D eigenvalue weighted by molar-refractivity contribution is 0.301. The van der Waals surface area contributed by atoms with E-state index in [4.69, 9.17) is 4.74 Å². The van der Waals surface area contributed by atoms with Crippen LogP contribution in [0.4, 0.5) is 0 Å². The topological polar surface area (TPSA) is 9.23 Å². The number of aryl methyl sites for hydroxylation is 2. The van der Waals surface area contributed by atoms with Crippen LogP contribution in [0.2, 0.25) is 0 Å². The molecule has 0 atom stereocenters. The Morgan fingerprint density at radius 3 is 1.93 bits per heavy atom. The fraction of sp³-hybridized carbons (Fsp3) is 0.259. The largest absolute Gasteiger partial charge is 0.488 e. The van der Waals surface area contributed by atoms with Crippen LogP contribution in [0.15, 0.2) is 66.7 Å². The van der Waals surface area contributed by atoms with Crippen molar-refractivity contribution in [3.05, 3.63) is 89.0 Å². The predicted octanol–water partition coefficient (Wildman–Crippen LogP) is 7.49. The van der Waals surface area contributed by atoms with E-state index in [9.17, 15) is 0 Å². The van der Waals surface area contributed by atoms with E-state index in [2.05, 4.69) is 95.3 Å². The first-order valence-electron chi connectivity index (χ1n) is 10.00. The second-order valence-corrected chi connectivity index (χ2v) is 8.68. The Kier molecular flexibility index (Phi) is 4.63. The predicted molar refractivity (Wildman–Crippen MR) is 120 cm³/mol. The molecule has 0 heterocycles. The van der Waals surface area contributed by atoms with Gasteiger partial charge in [0.2, 0.25) is 0 Å². The highest BCUT2D eigenvalue weighted by Crippen LogP contribution is 2.43. The van der Waals surface area contributed by atoms with E-state index in [0.29, 0.717) is 6.61 Å². The van der Waals surface area contributed by atoms with Gasteiger partial charge in [-0.3, -0.25) is 0 Å². The molecule has 0 aliphatic rings. The van der Waals surface area contributed by atoms with E-state index in [1.807, 2.05) is 6.07 Å². The van der Waals surface area contributed by atoms with Crippen molar-refractivity contribution in [3.8, 4) is 5.75 Å². The van der Waals surface area contributed by atoms with Crippen molar-refractivity contribution in [3.63, 3.8) is 0 Å². The molecule has 0 radical (unpaired) electrons. The van der Waals surface area contributed by atoms with Gasteiger partial charge < -0.3 is 4.74 Å². The van der Waals surface area contributed by atoms with Crippen LogP contribution in [0, 0.1) is 13.8 Å². The lowest BCUT2D eigenvalue weighted by atomic mass is 9.82. The van der Waals surface area contributed by atoms with Gasteiger partial charge in [0.15, 0.2) is 0 Å². The maximum Gasteiger partial charge on any atom is 0.131 e. The van der Waals surface area contributed by atoms with Gasteiger partial charge in [-0.1, -0.05) is 87.5 Å². The van der Waals surface area contributed by atoms with Gasteiger partial charge in [0.25, 0.3) is 0 Å². The molecule has 1 heteroatoms. The maximum atomic E-state index is 6.55. The van der Waals surface area contributed by atoms with Crippen molar-refractivity contribution >= 4 is 21.5 Å². The molecule has 0 spiro atoms. The second kappa shape index (κ2) is 6.98. The van der Waals surface area contributed by atoms with Crippen LogP contribution >= 0.6 is 0 Å². The quantitative estimate of drug-likeness (QED) is 0.340.